The standard InChI is InChI=1S/C15H23BrN2O/c1-10-5-6-11(12(16)9-10)15(2,3)13-14(19-4)18-8-7-17-13/h7-8,10-12H,5-6,9H2,1-4H3. The van der Waals surface area contributed by atoms with Crippen LogP contribution in [0.2, 0.25) is 0 Å². The maximum Gasteiger partial charge on any atom is 0.235 e. The lowest BCUT2D eigenvalue weighted by Gasteiger charge is -2.41. The fourth-order valence-corrected chi connectivity index (χ4v) is 4.78. The highest BCUT2D eigenvalue weighted by Crippen LogP contribution is 2.46. The summed E-state index contributed by atoms with van der Waals surface area (Å²) in [6.07, 6.45) is 7.19. The van der Waals surface area contributed by atoms with Gasteiger partial charge in [0.2, 0.25) is 5.88 Å². The Morgan fingerprint density at radius 1 is 1.26 bits per heavy atom. The zero-order valence-corrected chi connectivity index (χ0v) is 13.8. The molecule has 0 saturated heterocycles. The smallest absolute Gasteiger partial charge is 0.235 e. The summed E-state index contributed by atoms with van der Waals surface area (Å²) in [4.78, 5) is 9.38. The molecular formula is C15H23BrN2O. The molecule has 3 nitrogen and oxygen atoms in total. The Morgan fingerprint density at radius 2 is 1.95 bits per heavy atom. The second kappa shape index (κ2) is 5.78. The molecule has 1 aliphatic carbocycles. The molecule has 3 unspecified atom stereocenters. The summed E-state index contributed by atoms with van der Waals surface area (Å²) in [6, 6.07) is 0. The van der Waals surface area contributed by atoms with E-state index in [2.05, 4.69) is 46.7 Å². The predicted octanol–water partition coefficient (Wildman–Crippen LogP) is 3.96. The molecule has 2 rings (SSSR count). The topological polar surface area (TPSA) is 35.0 Å². The number of ether oxygens (including phenoxy) is 1. The van der Waals surface area contributed by atoms with Crippen LogP contribution in [0.3, 0.4) is 0 Å². The van der Waals surface area contributed by atoms with Gasteiger partial charge >= 0.3 is 0 Å². The minimum Gasteiger partial charge on any atom is -0.480 e. The molecule has 0 spiro atoms. The van der Waals surface area contributed by atoms with E-state index in [9.17, 15) is 0 Å². The highest BCUT2D eigenvalue weighted by Gasteiger charge is 2.41. The Bertz CT molecular complexity index is 436. The number of hydrogen-bond donors (Lipinski definition) is 0. The van der Waals surface area contributed by atoms with Crippen molar-refractivity contribution in [1.82, 2.24) is 9.97 Å². The van der Waals surface area contributed by atoms with E-state index in [1.807, 2.05) is 0 Å². The summed E-state index contributed by atoms with van der Waals surface area (Å²) < 4.78 is 5.39. The number of alkyl halides is 1. The van der Waals surface area contributed by atoms with Gasteiger partial charge < -0.3 is 4.74 Å². The number of aromatic nitrogens is 2. The van der Waals surface area contributed by atoms with Crippen molar-refractivity contribution in [1.29, 1.82) is 0 Å². The van der Waals surface area contributed by atoms with E-state index in [4.69, 9.17) is 4.74 Å². The summed E-state index contributed by atoms with van der Waals surface area (Å²) in [5.74, 6) is 2.03. The van der Waals surface area contributed by atoms with Crippen molar-refractivity contribution in [3.8, 4) is 5.88 Å². The molecule has 0 aromatic carbocycles. The van der Waals surface area contributed by atoms with Crippen molar-refractivity contribution in [3.63, 3.8) is 0 Å². The highest BCUT2D eigenvalue weighted by atomic mass is 79.9. The molecule has 1 fully saturated rings. The molecule has 1 heterocycles. The Hall–Kier alpha value is -0.640. The molecule has 106 valence electrons. The van der Waals surface area contributed by atoms with Gasteiger partial charge in [0.1, 0.15) is 5.69 Å². The van der Waals surface area contributed by atoms with Gasteiger partial charge in [-0.05, 0) is 24.7 Å². The lowest BCUT2D eigenvalue weighted by molar-refractivity contribution is 0.204. The van der Waals surface area contributed by atoms with E-state index < -0.39 is 0 Å². The lowest BCUT2D eigenvalue weighted by Crippen LogP contribution is -2.39. The van der Waals surface area contributed by atoms with Crippen molar-refractivity contribution in [2.24, 2.45) is 11.8 Å². The fraction of sp³-hybridized carbons (Fsp3) is 0.733. The third-order valence-electron chi connectivity index (χ3n) is 4.43. The molecule has 1 aliphatic rings. The predicted molar refractivity (Wildman–Crippen MR) is 80.8 cm³/mol. The number of halogens is 1. The number of nitrogens with zero attached hydrogens (tertiary/aromatic N) is 2. The van der Waals surface area contributed by atoms with Crippen LogP contribution in [0.1, 0.15) is 45.7 Å². The molecule has 3 atom stereocenters. The average Bonchev–Trinajstić information content (AvgIpc) is 2.38. The van der Waals surface area contributed by atoms with Crippen LogP contribution < -0.4 is 4.74 Å². The molecule has 0 aliphatic heterocycles. The van der Waals surface area contributed by atoms with Gasteiger partial charge in [-0.3, -0.25) is 4.98 Å². The number of rotatable bonds is 3. The van der Waals surface area contributed by atoms with E-state index in [0.717, 1.165) is 11.6 Å². The molecular weight excluding hydrogens is 304 g/mol. The van der Waals surface area contributed by atoms with Gasteiger partial charge in [0, 0.05) is 22.6 Å². The first-order valence-electron chi connectivity index (χ1n) is 6.96. The SMILES string of the molecule is COc1nccnc1C(C)(C)C1CCC(C)CC1Br. The van der Waals surface area contributed by atoms with Crippen molar-refractivity contribution in [3.05, 3.63) is 18.1 Å². The largest absolute Gasteiger partial charge is 0.480 e. The highest BCUT2D eigenvalue weighted by molar-refractivity contribution is 9.09. The number of methoxy groups -OCH3 is 1. The zero-order valence-electron chi connectivity index (χ0n) is 12.2. The van der Waals surface area contributed by atoms with Crippen molar-refractivity contribution in [2.45, 2.75) is 50.3 Å². The van der Waals surface area contributed by atoms with Crippen molar-refractivity contribution < 1.29 is 4.74 Å². The van der Waals surface area contributed by atoms with Gasteiger partial charge in [-0.15, -0.1) is 0 Å². The van der Waals surface area contributed by atoms with Crippen LogP contribution in [0.15, 0.2) is 12.4 Å². The molecule has 1 aromatic heterocycles. The minimum atomic E-state index is -0.0338. The van der Waals surface area contributed by atoms with Gasteiger partial charge in [0.05, 0.1) is 7.11 Å². The van der Waals surface area contributed by atoms with E-state index in [-0.39, 0.29) is 5.41 Å². The van der Waals surface area contributed by atoms with Crippen molar-refractivity contribution >= 4 is 15.9 Å². The van der Waals surface area contributed by atoms with Crippen LogP contribution in [0.5, 0.6) is 5.88 Å². The molecule has 19 heavy (non-hydrogen) atoms. The first-order valence-corrected chi connectivity index (χ1v) is 7.88. The molecule has 0 N–H and O–H groups in total. The monoisotopic (exact) mass is 326 g/mol. The van der Waals surface area contributed by atoms with Crippen LogP contribution in [0.25, 0.3) is 0 Å². The summed E-state index contributed by atoms with van der Waals surface area (Å²) in [5.41, 5.74) is 0.940. The van der Waals surface area contributed by atoms with Crippen LogP contribution in [-0.4, -0.2) is 21.9 Å². The number of hydrogen-bond acceptors (Lipinski definition) is 3. The quantitative estimate of drug-likeness (QED) is 0.788. The Kier molecular flexibility index (Phi) is 4.49. The lowest BCUT2D eigenvalue weighted by atomic mass is 9.67. The molecule has 0 amide bonds. The van der Waals surface area contributed by atoms with Crippen LogP contribution >= 0.6 is 15.9 Å². The summed E-state index contributed by atoms with van der Waals surface area (Å²) in [7, 11) is 1.66. The molecule has 0 radical (unpaired) electrons. The molecule has 0 bridgehead atoms. The first kappa shape index (κ1) is 14.8. The second-order valence-corrected chi connectivity index (χ2v) is 7.35. The van der Waals surface area contributed by atoms with Gasteiger partial charge in [-0.2, -0.15) is 0 Å². The van der Waals surface area contributed by atoms with Gasteiger partial charge in [-0.25, -0.2) is 4.98 Å². The molecule has 1 saturated carbocycles. The molecule has 1 aromatic rings. The summed E-state index contributed by atoms with van der Waals surface area (Å²) in [6.45, 7) is 6.85. The van der Waals surface area contributed by atoms with E-state index in [1.165, 1.54) is 19.3 Å². The maximum atomic E-state index is 5.39. The normalized spacial score (nSPS) is 28.2. The first-order chi connectivity index (χ1) is 8.96. The second-order valence-electron chi connectivity index (χ2n) is 6.18. The third-order valence-corrected chi connectivity index (χ3v) is 5.44. The van der Waals surface area contributed by atoms with Crippen LogP contribution in [0.4, 0.5) is 0 Å². The Morgan fingerprint density at radius 3 is 2.58 bits per heavy atom. The fourth-order valence-electron chi connectivity index (χ4n) is 3.22. The summed E-state index contributed by atoms with van der Waals surface area (Å²) >= 11 is 3.89. The summed E-state index contributed by atoms with van der Waals surface area (Å²) in [5, 5.41) is 0. The van der Waals surface area contributed by atoms with Gasteiger partial charge in [0.25, 0.3) is 0 Å². The Balaban J connectivity index is 2.31. The van der Waals surface area contributed by atoms with E-state index in [0.29, 0.717) is 16.6 Å². The van der Waals surface area contributed by atoms with E-state index in [1.54, 1.807) is 19.5 Å². The van der Waals surface area contributed by atoms with Gasteiger partial charge in [-0.1, -0.05) is 43.1 Å². The minimum absolute atomic E-state index is 0.0338. The Labute approximate surface area is 124 Å². The zero-order chi connectivity index (χ0) is 14.0. The third kappa shape index (κ3) is 2.93. The molecule has 4 heteroatoms. The average molecular weight is 327 g/mol. The van der Waals surface area contributed by atoms with E-state index >= 15 is 0 Å². The van der Waals surface area contributed by atoms with Gasteiger partial charge in [0.15, 0.2) is 0 Å². The maximum absolute atomic E-state index is 5.39. The van der Waals surface area contributed by atoms with Crippen molar-refractivity contribution in [2.75, 3.05) is 7.11 Å². The van der Waals surface area contributed by atoms with Crippen LogP contribution in [0, 0.1) is 11.8 Å². The van der Waals surface area contributed by atoms with Crippen LogP contribution in [-0.2, 0) is 5.41 Å².